The van der Waals surface area contributed by atoms with Gasteiger partial charge in [-0.15, -0.1) is 0 Å². The Morgan fingerprint density at radius 3 is 2.70 bits per heavy atom. The molecule has 2 aromatic carbocycles. The van der Waals surface area contributed by atoms with Gasteiger partial charge in [0.25, 0.3) is 5.91 Å². The highest BCUT2D eigenvalue weighted by Gasteiger charge is 2.15. The first-order valence-corrected chi connectivity index (χ1v) is 7.82. The van der Waals surface area contributed by atoms with Gasteiger partial charge in [-0.2, -0.15) is 0 Å². The number of rotatable bonds is 3. The van der Waals surface area contributed by atoms with Gasteiger partial charge in [0.2, 0.25) is 0 Å². The van der Waals surface area contributed by atoms with Gasteiger partial charge in [-0.05, 0) is 36.2 Å². The predicted molar refractivity (Wildman–Crippen MR) is 91.8 cm³/mol. The van der Waals surface area contributed by atoms with E-state index in [0.717, 1.165) is 31.7 Å². The number of anilines is 1. The summed E-state index contributed by atoms with van der Waals surface area (Å²) in [6.45, 7) is 12.2. The lowest BCUT2D eigenvalue weighted by Gasteiger charge is -2.27. The summed E-state index contributed by atoms with van der Waals surface area (Å²) in [7, 11) is 0. The Labute approximate surface area is 136 Å². The third-order valence-corrected chi connectivity index (χ3v) is 4.26. The second-order valence-electron chi connectivity index (χ2n) is 5.72. The zero-order chi connectivity index (χ0) is 16.2. The van der Waals surface area contributed by atoms with E-state index in [9.17, 15) is 4.79 Å². The van der Waals surface area contributed by atoms with Crippen molar-refractivity contribution in [3.8, 4) is 0 Å². The zero-order valence-electron chi connectivity index (χ0n) is 13.2. The Morgan fingerprint density at radius 2 is 2.00 bits per heavy atom. The molecule has 1 heterocycles. The number of carbonyl (C=O) groups is 1. The van der Waals surface area contributed by atoms with Crippen molar-refractivity contribution >= 4 is 17.3 Å². The summed E-state index contributed by atoms with van der Waals surface area (Å²) in [5, 5.41) is 2.94. The molecule has 0 radical (unpaired) electrons. The molecule has 0 aromatic heterocycles. The van der Waals surface area contributed by atoms with E-state index in [1.807, 2.05) is 6.07 Å². The number of hydrogen-bond acceptors (Lipinski definition) is 2. The molecule has 2 aromatic rings. The molecule has 0 spiro atoms. The minimum Gasteiger partial charge on any atom is -0.322 e. The number of nitrogens with one attached hydrogen (secondary N) is 1. The molecular formula is C19H19N3O. The van der Waals surface area contributed by atoms with Crippen molar-refractivity contribution in [1.29, 1.82) is 0 Å². The monoisotopic (exact) mass is 305 g/mol. The fourth-order valence-electron chi connectivity index (χ4n) is 2.85. The Balaban J connectivity index is 1.73. The molecule has 0 unspecified atom stereocenters. The second-order valence-corrected chi connectivity index (χ2v) is 5.72. The largest absolute Gasteiger partial charge is 0.322 e. The van der Waals surface area contributed by atoms with Crippen LogP contribution in [0.5, 0.6) is 0 Å². The summed E-state index contributed by atoms with van der Waals surface area (Å²) in [5.41, 5.74) is 4.59. The van der Waals surface area contributed by atoms with Crippen LogP contribution >= 0.6 is 0 Å². The molecule has 1 N–H and O–H groups in total. The van der Waals surface area contributed by atoms with Crippen molar-refractivity contribution in [3.05, 3.63) is 70.6 Å². The fraction of sp³-hybridized carbons (Fsp3) is 0.263. The highest BCUT2D eigenvalue weighted by atomic mass is 16.1. The Bertz CT molecular complexity index is 759. The van der Waals surface area contributed by atoms with Crippen molar-refractivity contribution in [2.75, 3.05) is 18.4 Å². The number of fused-ring (bicyclic) bond motifs is 1. The van der Waals surface area contributed by atoms with Crippen LogP contribution in [-0.4, -0.2) is 23.9 Å². The van der Waals surface area contributed by atoms with Crippen LogP contribution in [0.4, 0.5) is 11.4 Å². The number of hydrogen-bond donors (Lipinski definition) is 1. The molecule has 0 saturated carbocycles. The molecule has 116 valence electrons. The maximum absolute atomic E-state index is 12.3. The molecule has 4 heteroatoms. The lowest BCUT2D eigenvalue weighted by atomic mass is 9.99. The standard InChI is InChI=1S/C19H19N3O/c1-3-22-11-10-15-12-18(9-6-16(15)13-22)21-19(23)14-4-7-17(20-2)8-5-14/h4-9,12H,3,10-11,13H2,1H3,(H,21,23). The molecule has 0 fully saturated rings. The van der Waals surface area contributed by atoms with E-state index in [-0.39, 0.29) is 5.91 Å². The van der Waals surface area contributed by atoms with Crippen LogP contribution < -0.4 is 5.32 Å². The smallest absolute Gasteiger partial charge is 0.255 e. The van der Waals surface area contributed by atoms with Crippen molar-refractivity contribution in [2.24, 2.45) is 0 Å². The molecule has 0 aliphatic carbocycles. The maximum Gasteiger partial charge on any atom is 0.255 e. The van der Waals surface area contributed by atoms with Gasteiger partial charge in [-0.3, -0.25) is 9.69 Å². The van der Waals surface area contributed by atoms with Crippen LogP contribution in [0.25, 0.3) is 4.85 Å². The Hall–Kier alpha value is -2.64. The molecule has 0 bridgehead atoms. The van der Waals surface area contributed by atoms with Gasteiger partial charge >= 0.3 is 0 Å². The Morgan fingerprint density at radius 1 is 1.22 bits per heavy atom. The van der Waals surface area contributed by atoms with E-state index in [1.165, 1.54) is 11.1 Å². The highest BCUT2D eigenvalue weighted by molar-refractivity contribution is 6.04. The number of benzene rings is 2. The summed E-state index contributed by atoms with van der Waals surface area (Å²) in [6, 6.07) is 12.8. The lowest BCUT2D eigenvalue weighted by molar-refractivity contribution is 0.102. The van der Waals surface area contributed by atoms with Gasteiger partial charge in [0.15, 0.2) is 5.69 Å². The SMILES string of the molecule is [C-]#[N+]c1ccc(C(=O)Nc2ccc3c(c2)CCN(CC)C3)cc1. The highest BCUT2D eigenvalue weighted by Crippen LogP contribution is 2.23. The molecular weight excluding hydrogens is 286 g/mol. The van der Waals surface area contributed by atoms with Gasteiger partial charge in [-0.1, -0.05) is 37.3 Å². The Kier molecular flexibility index (Phi) is 4.40. The van der Waals surface area contributed by atoms with E-state index in [0.29, 0.717) is 11.3 Å². The summed E-state index contributed by atoms with van der Waals surface area (Å²) in [6.07, 6.45) is 1.02. The average molecular weight is 305 g/mol. The van der Waals surface area contributed by atoms with Crippen LogP contribution in [0, 0.1) is 6.57 Å². The molecule has 3 rings (SSSR count). The van der Waals surface area contributed by atoms with E-state index < -0.39 is 0 Å². The second kappa shape index (κ2) is 6.64. The molecule has 0 saturated heterocycles. The molecule has 1 amide bonds. The first-order chi connectivity index (χ1) is 11.2. The summed E-state index contributed by atoms with van der Waals surface area (Å²) in [4.78, 5) is 18.0. The predicted octanol–water partition coefficient (Wildman–Crippen LogP) is 3.87. The van der Waals surface area contributed by atoms with Gasteiger partial charge in [0.05, 0.1) is 6.57 Å². The average Bonchev–Trinajstić information content (AvgIpc) is 2.61. The zero-order valence-corrected chi connectivity index (χ0v) is 13.2. The van der Waals surface area contributed by atoms with Gasteiger partial charge in [0, 0.05) is 24.3 Å². The van der Waals surface area contributed by atoms with Crippen LogP contribution in [-0.2, 0) is 13.0 Å². The summed E-state index contributed by atoms with van der Waals surface area (Å²) >= 11 is 0. The number of carbonyl (C=O) groups excluding carboxylic acids is 1. The maximum atomic E-state index is 12.3. The normalized spacial score (nSPS) is 13.9. The molecule has 1 aliphatic rings. The quantitative estimate of drug-likeness (QED) is 0.874. The summed E-state index contributed by atoms with van der Waals surface area (Å²) < 4.78 is 0. The first kappa shape index (κ1) is 15.3. The van der Waals surface area contributed by atoms with E-state index >= 15 is 0 Å². The van der Waals surface area contributed by atoms with Gasteiger partial charge < -0.3 is 5.32 Å². The van der Waals surface area contributed by atoms with Crippen LogP contribution in [0.1, 0.15) is 28.4 Å². The van der Waals surface area contributed by atoms with Crippen molar-refractivity contribution in [1.82, 2.24) is 4.90 Å². The van der Waals surface area contributed by atoms with Crippen LogP contribution in [0.2, 0.25) is 0 Å². The van der Waals surface area contributed by atoms with E-state index in [4.69, 9.17) is 6.57 Å². The topological polar surface area (TPSA) is 36.7 Å². The first-order valence-electron chi connectivity index (χ1n) is 7.82. The molecule has 1 aliphatic heterocycles. The fourth-order valence-corrected chi connectivity index (χ4v) is 2.85. The third kappa shape index (κ3) is 3.41. The summed E-state index contributed by atoms with van der Waals surface area (Å²) in [5.74, 6) is -0.146. The minimum absolute atomic E-state index is 0.146. The van der Waals surface area contributed by atoms with Crippen LogP contribution in [0.15, 0.2) is 42.5 Å². The van der Waals surface area contributed by atoms with Crippen molar-refractivity contribution in [2.45, 2.75) is 19.9 Å². The van der Waals surface area contributed by atoms with Crippen molar-refractivity contribution < 1.29 is 4.79 Å². The number of nitrogens with zero attached hydrogens (tertiary/aromatic N) is 2. The van der Waals surface area contributed by atoms with Gasteiger partial charge in [0.1, 0.15) is 0 Å². The van der Waals surface area contributed by atoms with Gasteiger partial charge in [-0.25, -0.2) is 4.85 Å². The number of likely N-dealkylation sites (N-methyl/N-ethyl adjacent to an activating group) is 1. The molecule has 4 nitrogen and oxygen atoms in total. The van der Waals surface area contributed by atoms with E-state index in [1.54, 1.807) is 24.3 Å². The molecule has 23 heavy (non-hydrogen) atoms. The minimum atomic E-state index is -0.146. The third-order valence-electron chi connectivity index (χ3n) is 4.26. The van der Waals surface area contributed by atoms with Crippen LogP contribution in [0.3, 0.4) is 0 Å². The number of amides is 1. The van der Waals surface area contributed by atoms with E-state index in [2.05, 4.69) is 34.1 Å². The lowest BCUT2D eigenvalue weighted by Crippen LogP contribution is -2.30. The molecule has 0 atom stereocenters. The van der Waals surface area contributed by atoms with Crippen molar-refractivity contribution in [3.63, 3.8) is 0 Å².